The SMILES string of the molecule is Cc1[c]cn(CC(=O)O)n1. The van der Waals surface area contributed by atoms with Crippen LogP contribution in [0.3, 0.4) is 0 Å². The lowest BCUT2D eigenvalue weighted by Crippen LogP contribution is -2.08. The summed E-state index contributed by atoms with van der Waals surface area (Å²) in [7, 11) is 0. The van der Waals surface area contributed by atoms with E-state index in [1.54, 1.807) is 6.92 Å². The molecule has 1 heterocycles. The van der Waals surface area contributed by atoms with Gasteiger partial charge in [-0.3, -0.25) is 9.48 Å². The highest BCUT2D eigenvalue weighted by atomic mass is 16.4. The standard InChI is InChI=1S/C6H7N2O2/c1-5-2-3-8(7-5)4-6(9)10/h3H,4H2,1H3,(H,9,10). The lowest BCUT2D eigenvalue weighted by molar-refractivity contribution is -0.137. The van der Waals surface area contributed by atoms with E-state index < -0.39 is 5.97 Å². The van der Waals surface area contributed by atoms with Crippen LogP contribution < -0.4 is 0 Å². The van der Waals surface area contributed by atoms with Gasteiger partial charge < -0.3 is 5.11 Å². The first-order valence-electron chi connectivity index (χ1n) is 2.82. The van der Waals surface area contributed by atoms with E-state index in [4.69, 9.17) is 5.11 Å². The molecular weight excluding hydrogens is 132 g/mol. The van der Waals surface area contributed by atoms with Crippen LogP contribution in [-0.2, 0) is 11.3 Å². The van der Waals surface area contributed by atoms with Gasteiger partial charge in [-0.15, -0.1) is 0 Å². The summed E-state index contributed by atoms with van der Waals surface area (Å²) in [5, 5.41) is 12.1. The third-order valence-electron chi connectivity index (χ3n) is 0.998. The molecule has 0 aliphatic carbocycles. The lowest BCUT2D eigenvalue weighted by atomic mass is 10.5. The molecule has 1 radical (unpaired) electrons. The van der Waals surface area contributed by atoms with E-state index in [0.717, 1.165) is 0 Å². The summed E-state index contributed by atoms with van der Waals surface area (Å²) in [5.74, 6) is -0.892. The molecule has 0 saturated heterocycles. The van der Waals surface area contributed by atoms with Gasteiger partial charge in [-0.1, -0.05) is 0 Å². The number of hydrogen-bond acceptors (Lipinski definition) is 2. The number of aromatic nitrogens is 2. The van der Waals surface area contributed by atoms with Gasteiger partial charge in [-0.25, -0.2) is 0 Å². The summed E-state index contributed by atoms with van der Waals surface area (Å²) < 4.78 is 1.33. The molecule has 4 heteroatoms. The van der Waals surface area contributed by atoms with Crippen LogP contribution in [0.5, 0.6) is 0 Å². The summed E-state index contributed by atoms with van der Waals surface area (Å²) in [6.07, 6.45) is 1.52. The van der Waals surface area contributed by atoms with Crippen molar-refractivity contribution >= 4 is 5.97 Å². The minimum absolute atomic E-state index is 0.0929. The third kappa shape index (κ3) is 1.58. The largest absolute Gasteiger partial charge is 0.480 e. The molecule has 4 nitrogen and oxygen atoms in total. The van der Waals surface area contributed by atoms with Crippen LogP contribution in [-0.4, -0.2) is 20.9 Å². The van der Waals surface area contributed by atoms with Crippen molar-refractivity contribution in [2.45, 2.75) is 13.5 Å². The Morgan fingerprint density at radius 2 is 2.70 bits per heavy atom. The number of carboxylic acid groups (broad SMARTS) is 1. The van der Waals surface area contributed by atoms with Gasteiger partial charge in [-0.2, -0.15) is 5.10 Å². The normalized spacial score (nSPS) is 9.70. The molecule has 0 aliphatic heterocycles. The molecule has 0 bridgehead atoms. The quantitative estimate of drug-likeness (QED) is 0.631. The van der Waals surface area contributed by atoms with Crippen LogP contribution in [0, 0.1) is 13.0 Å². The van der Waals surface area contributed by atoms with Crippen molar-refractivity contribution in [3.05, 3.63) is 18.0 Å². The number of nitrogens with zero attached hydrogens (tertiary/aromatic N) is 2. The summed E-state index contributed by atoms with van der Waals surface area (Å²) in [6, 6.07) is 2.76. The van der Waals surface area contributed by atoms with Gasteiger partial charge in [0.25, 0.3) is 0 Å². The fourth-order valence-electron chi connectivity index (χ4n) is 0.638. The molecule has 1 aromatic heterocycles. The van der Waals surface area contributed by atoms with Crippen LogP contribution in [0.4, 0.5) is 0 Å². The molecular formula is C6H7N2O2. The molecule has 1 N–H and O–H groups in total. The van der Waals surface area contributed by atoms with E-state index in [-0.39, 0.29) is 6.54 Å². The fourth-order valence-corrected chi connectivity index (χ4v) is 0.638. The van der Waals surface area contributed by atoms with Crippen molar-refractivity contribution in [1.29, 1.82) is 0 Å². The van der Waals surface area contributed by atoms with E-state index in [9.17, 15) is 4.79 Å². The molecule has 0 saturated carbocycles. The molecule has 0 aliphatic rings. The summed E-state index contributed by atoms with van der Waals surface area (Å²) >= 11 is 0. The maximum absolute atomic E-state index is 10.1. The Balaban J connectivity index is 2.67. The van der Waals surface area contributed by atoms with Gasteiger partial charge in [0.05, 0.1) is 5.69 Å². The zero-order valence-electron chi connectivity index (χ0n) is 5.53. The molecule has 0 fully saturated rings. The zero-order valence-corrected chi connectivity index (χ0v) is 5.53. The Morgan fingerprint density at radius 1 is 2.00 bits per heavy atom. The van der Waals surface area contributed by atoms with Crippen LogP contribution in [0.15, 0.2) is 6.20 Å². The number of aryl methyl sites for hydroxylation is 1. The molecule has 0 atom stereocenters. The zero-order chi connectivity index (χ0) is 7.56. The minimum Gasteiger partial charge on any atom is -0.480 e. The van der Waals surface area contributed by atoms with Crippen molar-refractivity contribution in [3.8, 4) is 0 Å². The number of hydrogen-bond donors (Lipinski definition) is 1. The summed E-state index contributed by atoms with van der Waals surface area (Å²) in [5.41, 5.74) is 0.709. The van der Waals surface area contributed by atoms with E-state index in [1.807, 2.05) is 0 Å². The minimum atomic E-state index is -0.892. The maximum atomic E-state index is 10.1. The van der Waals surface area contributed by atoms with Gasteiger partial charge in [-0.05, 0) is 6.92 Å². The highest BCUT2D eigenvalue weighted by Crippen LogP contribution is 1.90. The first-order valence-corrected chi connectivity index (χ1v) is 2.82. The van der Waals surface area contributed by atoms with Gasteiger partial charge in [0.1, 0.15) is 6.54 Å². The van der Waals surface area contributed by atoms with Crippen molar-refractivity contribution in [1.82, 2.24) is 9.78 Å². The Morgan fingerprint density at radius 3 is 3.10 bits per heavy atom. The van der Waals surface area contributed by atoms with Crippen molar-refractivity contribution < 1.29 is 9.90 Å². The Kier molecular flexibility index (Phi) is 1.71. The number of carboxylic acids is 1. The first-order chi connectivity index (χ1) is 4.68. The second-order valence-electron chi connectivity index (χ2n) is 1.95. The monoisotopic (exact) mass is 139 g/mol. The van der Waals surface area contributed by atoms with Crippen LogP contribution in [0.1, 0.15) is 5.69 Å². The number of carbonyl (C=O) groups is 1. The molecule has 0 aromatic carbocycles. The first kappa shape index (κ1) is 6.80. The molecule has 0 unspecified atom stereocenters. The van der Waals surface area contributed by atoms with Gasteiger partial charge in [0.2, 0.25) is 0 Å². The van der Waals surface area contributed by atoms with E-state index in [2.05, 4.69) is 11.2 Å². The number of aliphatic carboxylic acids is 1. The van der Waals surface area contributed by atoms with Gasteiger partial charge in [0, 0.05) is 12.3 Å². The second-order valence-corrected chi connectivity index (χ2v) is 1.95. The second kappa shape index (κ2) is 2.51. The number of rotatable bonds is 2. The van der Waals surface area contributed by atoms with E-state index in [0.29, 0.717) is 5.69 Å². The molecule has 53 valence electrons. The molecule has 1 rings (SSSR count). The molecule has 1 aromatic rings. The molecule has 10 heavy (non-hydrogen) atoms. The van der Waals surface area contributed by atoms with Crippen LogP contribution in [0.25, 0.3) is 0 Å². The van der Waals surface area contributed by atoms with Crippen molar-refractivity contribution in [2.24, 2.45) is 0 Å². The maximum Gasteiger partial charge on any atom is 0.325 e. The van der Waals surface area contributed by atoms with Gasteiger partial charge >= 0.3 is 5.97 Å². The van der Waals surface area contributed by atoms with Crippen LogP contribution >= 0.6 is 0 Å². The average Bonchev–Trinajstić information content (AvgIpc) is 2.13. The third-order valence-corrected chi connectivity index (χ3v) is 0.998. The Bertz CT molecular complexity index is 242. The summed E-state index contributed by atoms with van der Waals surface area (Å²) in [4.78, 5) is 10.1. The Labute approximate surface area is 58.1 Å². The Hall–Kier alpha value is -1.32. The predicted octanol–water partition coefficient (Wildman–Crippen LogP) is 0.0763. The predicted molar refractivity (Wildman–Crippen MR) is 33.4 cm³/mol. The van der Waals surface area contributed by atoms with Gasteiger partial charge in [0.15, 0.2) is 0 Å². The highest BCUT2D eigenvalue weighted by molar-refractivity contribution is 5.66. The molecule has 0 amide bonds. The highest BCUT2D eigenvalue weighted by Gasteiger charge is 1.98. The van der Waals surface area contributed by atoms with Crippen molar-refractivity contribution in [3.63, 3.8) is 0 Å². The topological polar surface area (TPSA) is 55.1 Å². The molecule has 0 spiro atoms. The van der Waals surface area contributed by atoms with Crippen LogP contribution in [0.2, 0.25) is 0 Å². The smallest absolute Gasteiger partial charge is 0.325 e. The average molecular weight is 139 g/mol. The van der Waals surface area contributed by atoms with E-state index in [1.165, 1.54) is 10.9 Å². The fraction of sp³-hybridized carbons (Fsp3) is 0.333. The summed E-state index contributed by atoms with van der Waals surface area (Å²) in [6.45, 7) is 1.67. The lowest BCUT2D eigenvalue weighted by Gasteiger charge is -1.92. The van der Waals surface area contributed by atoms with E-state index >= 15 is 0 Å². The van der Waals surface area contributed by atoms with Crippen molar-refractivity contribution in [2.75, 3.05) is 0 Å².